The molecule has 0 aliphatic heterocycles. The summed E-state index contributed by atoms with van der Waals surface area (Å²) in [4.78, 5) is 2.14. The first-order valence-electron chi connectivity index (χ1n) is 5.83. The van der Waals surface area contributed by atoms with Crippen LogP contribution in [0.3, 0.4) is 0 Å². The predicted octanol–water partition coefficient (Wildman–Crippen LogP) is 2.48. The van der Waals surface area contributed by atoms with Crippen LogP contribution in [-0.2, 0) is 12.8 Å². The van der Waals surface area contributed by atoms with Crippen LogP contribution < -0.4 is 4.90 Å². The van der Waals surface area contributed by atoms with Crippen LogP contribution in [0.5, 0.6) is 0 Å². The minimum atomic E-state index is 0.903. The summed E-state index contributed by atoms with van der Waals surface area (Å²) in [5, 5.41) is 9.19. The number of para-hydroxylation sites is 1. The van der Waals surface area contributed by atoms with Gasteiger partial charge in [0.1, 0.15) is 5.82 Å². The van der Waals surface area contributed by atoms with E-state index < -0.39 is 0 Å². The van der Waals surface area contributed by atoms with Gasteiger partial charge in [-0.05, 0) is 18.6 Å². The summed E-state index contributed by atoms with van der Waals surface area (Å²) in [6, 6.07) is 8.43. The molecule has 0 radical (unpaired) electrons. The molecule has 0 spiro atoms. The summed E-state index contributed by atoms with van der Waals surface area (Å²) < 4.78 is 2.02. The van der Waals surface area contributed by atoms with Crippen molar-refractivity contribution in [2.75, 3.05) is 19.0 Å². The molecule has 2 aromatic rings. The van der Waals surface area contributed by atoms with Crippen molar-refractivity contribution < 1.29 is 0 Å². The molecular weight excluding hydrogens is 244 g/mol. The van der Waals surface area contributed by atoms with Crippen LogP contribution in [0.25, 0.3) is 0 Å². The Labute approximate surface area is 112 Å². The molecule has 2 rings (SSSR count). The van der Waals surface area contributed by atoms with Gasteiger partial charge < -0.3 is 9.47 Å². The van der Waals surface area contributed by atoms with Crippen molar-refractivity contribution in [3.8, 4) is 0 Å². The lowest BCUT2D eigenvalue weighted by Crippen LogP contribution is -2.10. The summed E-state index contributed by atoms with van der Waals surface area (Å²) in [7, 11) is 6.13. The smallest absolute Gasteiger partial charge is 0.191 e. The Balaban J connectivity index is 2.13. The van der Waals surface area contributed by atoms with E-state index in [1.54, 1.807) is 11.8 Å². The number of aromatic nitrogens is 3. The zero-order valence-corrected chi connectivity index (χ0v) is 12.0. The second-order valence-corrected chi connectivity index (χ2v) is 5.34. The lowest BCUT2D eigenvalue weighted by atomic mass is 10.2. The zero-order valence-electron chi connectivity index (χ0n) is 11.2. The highest BCUT2D eigenvalue weighted by molar-refractivity contribution is 7.98. The molecule has 0 saturated carbocycles. The Hall–Kier alpha value is -1.49. The van der Waals surface area contributed by atoms with E-state index in [4.69, 9.17) is 0 Å². The van der Waals surface area contributed by atoms with Crippen molar-refractivity contribution in [2.24, 2.45) is 7.05 Å². The monoisotopic (exact) mass is 262 g/mol. The maximum atomic E-state index is 4.17. The van der Waals surface area contributed by atoms with Gasteiger partial charge in [-0.15, -0.1) is 10.2 Å². The quantitative estimate of drug-likeness (QED) is 0.793. The van der Waals surface area contributed by atoms with E-state index >= 15 is 0 Å². The second-order valence-electron chi connectivity index (χ2n) is 4.40. The number of anilines is 1. The van der Waals surface area contributed by atoms with Crippen LogP contribution >= 0.6 is 11.8 Å². The fourth-order valence-corrected chi connectivity index (χ4v) is 2.68. The van der Waals surface area contributed by atoms with E-state index in [9.17, 15) is 0 Å². The van der Waals surface area contributed by atoms with E-state index in [1.165, 1.54) is 11.3 Å². The first kappa shape index (κ1) is 13.0. The Morgan fingerprint density at radius 2 is 1.94 bits per heavy atom. The van der Waals surface area contributed by atoms with Crippen LogP contribution in [0.15, 0.2) is 29.4 Å². The molecular formula is C13H18N4S. The van der Waals surface area contributed by atoms with Crippen molar-refractivity contribution in [2.45, 2.75) is 17.8 Å². The topological polar surface area (TPSA) is 34.0 Å². The number of thioether (sulfide) groups is 1. The highest BCUT2D eigenvalue weighted by Gasteiger charge is 2.08. The second kappa shape index (κ2) is 5.44. The summed E-state index contributed by atoms with van der Waals surface area (Å²) >= 11 is 1.72. The standard InChI is InChI=1S/C13H18N4S/c1-10-14-15-13(17(10)4)18-9-11-7-5-6-8-12(11)16(2)3/h5-8H,9H2,1-4H3. The molecule has 18 heavy (non-hydrogen) atoms. The van der Waals surface area contributed by atoms with Gasteiger partial charge in [-0.1, -0.05) is 30.0 Å². The van der Waals surface area contributed by atoms with Crippen LogP contribution in [0, 0.1) is 6.92 Å². The molecule has 0 aliphatic carbocycles. The predicted molar refractivity (Wildman–Crippen MR) is 76.1 cm³/mol. The first-order valence-corrected chi connectivity index (χ1v) is 6.82. The number of rotatable bonds is 4. The van der Waals surface area contributed by atoms with Crippen molar-refractivity contribution in [3.05, 3.63) is 35.7 Å². The highest BCUT2D eigenvalue weighted by atomic mass is 32.2. The first-order chi connectivity index (χ1) is 8.59. The molecule has 1 aromatic heterocycles. The molecule has 0 amide bonds. The van der Waals surface area contributed by atoms with E-state index in [1.807, 2.05) is 18.5 Å². The third-order valence-electron chi connectivity index (χ3n) is 2.88. The van der Waals surface area contributed by atoms with E-state index in [-0.39, 0.29) is 0 Å². The summed E-state index contributed by atoms with van der Waals surface area (Å²) in [6.07, 6.45) is 0. The van der Waals surface area contributed by atoms with Crippen LogP contribution in [-0.4, -0.2) is 28.9 Å². The molecule has 0 aliphatic rings. The summed E-state index contributed by atoms with van der Waals surface area (Å²) in [5.74, 6) is 1.85. The van der Waals surface area contributed by atoms with Crippen molar-refractivity contribution in [1.29, 1.82) is 0 Å². The van der Waals surface area contributed by atoms with Gasteiger partial charge in [-0.2, -0.15) is 0 Å². The molecule has 0 unspecified atom stereocenters. The average Bonchev–Trinajstić information content (AvgIpc) is 2.68. The number of hydrogen-bond donors (Lipinski definition) is 0. The average molecular weight is 262 g/mol. The fourth-order valence-electron chi connectivity index (χ4n) is 1.72. The van der Waals surface area contributed by atoms with Gasteiger partial charge in [0, 0.05) is 32.6 Å². The minimum Gasteiger partial charge on any atom is -0.377 e. The lowest BCUT2D eigenvalue weighted by molar-refractivity contribution is 0.765. The Morgan fingerprint density at radius 3 is 2.56 bits per heavy atom. The molecule has 0 N–H and O–H groups in total. The van der Waals surface area contributed by atoms with E-state index in [0.29, 0.717) is 0 Å². The van der Waals surface area contributed by atoms with Crippen LogP contribution in [0.1, 0.15) is 11.4 Å². The molecule has 0 saturated heterocycles. The van der Waals surface area contributed by atoms with Gasteiger partial charge >= 0.3 is 0 Å². The zero-order chi connectivity index (χ0) is 13.1. The maximum absolute atomic E-state index is 4.17. The number of hydrogen-bond acceptors (Lipinski definition) is 4. The van der Waals surface area contributed by atoms with Crippen LogP contribution in [0.2, 0.25) is 0 Å². The highest BCUT2D eigenvalue weighted by Crippen LogP contribution is 2.26. The Kier molecular flexibility index (Phi) is 3.91. The van der Waals surface area contributed by atoms with Crippen molar-refractivity contribution in [1.82, 2.24) is 14.8 Å². The third-order valence-corrected chi connectivity index (χ3v) is 3.95. The van der Waals surface area contributed by atoms with Gasteiger partial charge in [-0.3, -0.25) is 0 Å². The molecule has 1 aromatic carbocycles. The lowest BCUT2D eigenvalue weighted by Gasteiger charge is -2.16. The third kappa shape index (κ3) is 2.67. The number of nitrogens with zero attached hydrogens (tertiary/aromatic N) is 4. The van der Waals surface area contributed by atoms with E-state index in [2.05, 4.69) is 53.5 Å². The van der Waals surface area contributed by atoms with Crippen molar-refractivity contribution in [3.63, 3.8) is 0 Å². The van der Waals surface area contributed by atoms with Gasteiger partial charge in [-0.25, -0.2) is 0 Å². The van der Waals surface area contributed by atoms with E-state index in [0.717, 1.165) is 16.7 Å². The molecule has 0 fully saturated rings. The SMILES string of the molecule is Cc1nnc(SCc2ccccc2N(C)C)n1C. The molecule has 96 valence electrons. The Morgan fingerprint density at radius 1 is 1.22 bits per heavy atom. The normalized spacial score (nSPS) is 10.7. The van der Waals surface area contributed by atoms with Crippen LogP contribution in [0.4, 0.5) is 5.69 Å². The molecule has 0 bridgehead atoms. The number of benzene rings is 1. The van der Waals surface area contributed by atoms with Gasteiger partial charge in [0.2, 0.25) is 0 Å². The summed E-state index contributed by atoms with van der Waals surface area (Å²) in [5.41, 5.74) is 2.57. The van der Waals surface area contributed by atoms with Gasteiger partial charge in [0.05, 0.1) is 0 Å². The molecule has 5 heteroatoms. The Bertz CT molecular complexity index is 534. The molecule has 1 heterocycles. The maximum Gasteiger partial charge on any atom is 0.191 e. The largest absolute Gasteiger partial charge is 0.377 e. The minimum absolute atomic E-state index is 0.903. The number of aryl methyl sites for hydroxylation is 1. The van der Waals surface area contributed by atoms with Gasteiger partial charge in [0.15, 0.2) is 5.16 Å². The van der Waals surface area contributed by atoms with Crippen molar-refractivity contribution >= 4 is 17.4 Å². The van der Waals surface area contributed by atoms with Gasteiger partial charge in [0.25, 0.3) is 0 Å². The summed E-state index contributed by atoms with van der Waals surface area (Å²) in [6.45, 7) is 1.96. The fraction of sp³-hybridized carbons (Fsp3) is 0.385. The molecule has 4 nitrogen and oxygen atoms in total. The molecule has 0 atom stereocenters.